The Kier molecular flexibility index (Phi) is 1.20. The fraction of sp³-hybridized carbons (Fsp3) is 0.857. The minimum atomic E-state index is 0.139. The van der Waals surface area contributed by atoms with Gasteiger partial charge in [-0.1, -0.05) is 0 Å². The topological polar surface area (TPSA) is 29.5 Å². The highest BCUT2D eigenvalue weighted by atomic mass is 16.5. The molecular weight excluding hydrogens is 130 g/mol. The number of hydrogen-bond acceptors (Lipinski definition) is 2. The molecule has 1 saturated heterocycles. The lowest BCUT2D eigenvalue weighted by molar-refractivity contribution is -0.127. The molecule has 1 aliphatic carbocycles. The number of amides is 1. The minimum Gasteiger partial charge on any atom is -0.377 e. The lowest BCUT2D eigenvalue weighted by Gasteiger charge is -2.32. The first-order valence-corrected chi connectivity index (χ1v) is 3.67. The fourth-order valence-electron chi connectivity index (χ4n) is 1.49. The van der Waals surface area contributed by atoms with E-state index in [2.05, 4.69) is 0 Å². The number of rotatable bonds is 1. The highest BCUT2D eigenvalue weighted by Crippen LogP contribution is 2.42. The van der Waals surface area contributed by atoms with Crippen LogP contribution in [0.4, 0.5) is 0 Å². The van der Waals surface area contributed by atoms with Gasteiger partial charge in [0.2, 0.25) is 6.41 Å². The fourth-order valence-corrected chi connectivity index (χ4v) is 1.49. The molecule has 1 amide bonds. The number of hydrogen-bond donors (Lipinski definition) is 0. The number of morpholine rings is 1. The Morgan fingerprint density at radius 1 is 1.50 bits per heavy atom. The van der Waals surface area contributed by atoms with Gasteiger partial charge in [0.1, 0.15) is 0 Å². The lowest BCUT2D eigenvalue weighted by atomic mass is 10.2. The number of carbonyl (C=O) groups is 1. The molecule has 10 heavy (non-hydrogen) atoms. The summed E-state index contributed by atoms with van der Waals surface area (Å²) in [5, 5.41) is 0. The van der Waals surface area contributed by atoms with Crippen LogP contribution in [-0.4, -0.2) is 36.6 Å². The maximum Gasteiger partial charge on any atom is 0.210 e. The Bertz CT molecular complexity index is 154. The molecule has 0 aromatic heterocycles. The van der Waals surface area contributed by atoms with Gasteiger partial charge in [-0.25, -0.2) is 0 Å². The van der Waals surface area contributed by atoms with Crippen molar-refractivity contribution in [3.8, 4) is 0 Å². The van der Waals surface area contributed by atoms with Crippen LogP contribution in [0.3, 0.4) is 0 Å². The van der Waals surface area contributed by atoms with Crippen molar-refractivity contribution in [1.29, 1.82) is 0 Å². The van der Waals surface area contributed by atoms with Crippen LogP contribution in [0.2, 0.25) is 0 Å². The number of carbonyl (C=O) groups excluding carboxylic acids is 1. The third-order valence-corrected chi connectivity index (χ3v) is 2.41. The zero-order valence-corrected chi connectivity index (χ0v) is 5.88. The van der Waals surface area contributed by atoms with Gasteiger partial charge in [-0.05, 0) is 12.8 Å². The van der Waals surface area contributed by atoms with Crippen molar-refractivity contribution >= 4 is 6.41 Å². The van der Waals surface area contributed by atoms with Crippen molar-refractivity contribution in [2.45, 2.75) is 18.4 Å². The summed E-state index contributed by atoms with van der Waals surface area (Å²) in [6, 6.07) is 0. The molecule has 0 unspecified atom stereocenters. The zero-order valence-electron chi connectivity index (χ0n) is 5.88. The van der Waals surface area contributed by atoms with Crippen LogP contribution in [0.1, 0.15) is 12.8 Å². The van der Waals surface area contributed by atoms with Crippen molar-refractivity contribution in [3.63, 3.8) is 0 Å². The third-order valence-electron chi connectivity index (χ3n) is 2.41. The van der Waals surface area contributed by atoms with E-state index >= 15 is 0 Å². The summed E-state index contributed by atoms with van der Waals surface area (Å²) in [5.41, 5.74) is 0.139. The molecular formula is C7H11NO2. The first kappa shape index (κ1) is 6.16. The maximum absolute atomic E-state index is 10.5. The molecule has 0 radical (unpaired) electrons. The molecule has 2 rings (SSSR count). The third kappa shape index (κ3) is 0.736. The zero-order chi connectivity index (χ0) is 7.03. The second-order valence-electron chi connectivity index (χ2n) is 3.08. The van der Waals surface area contributed by atoms with Crippen molar-refractivity contribution in [3.05, 3.63) is 0 Å². The van der Waals surface area contributed by atoms with Crippen molar-refractivity contribution in [1.82, 2.24) is 4.90 Å². The van der Waals surface area contributed by atoms with E-state index in [9.17, 15) is 4.79 Å². The predicted octanol–water partition coefficient (Wildman–Crippen LogP) is 0.00760. The smallest absolute Gasteiger partial charge is 0.210 e. The molecule has 1 spiro atoms. The first-order chi connectivity index (χ1) is 4.87. The summed E-state index contributed by atoms with van der Waals surface area (Å²) >= 11 is 0. The molecule has 3 nitrogen and oxygen atoms in total. The highest BCUT2D eigenvalue weighted by Gasteiger charge is 2.49. The van der Waals surface area contributed by atoms with Crippen LogP contribution in [-0.2, 0) is 9.53 Å². The van der Waals surface area contributed by atoms with Gasteiger partial charge >= 0.3 is 0 Å². The number of nitrogens with zero attached hydrogens (tertiary/aromatic N) is 1. The average Bonchev–Trinajstić information content (AvgIpc) is 2.71. The van der Waals surface area contributed by atoms with E-state index in [1.54, 1.807) is 0 Å². The molecule has 0 atom stereocenters. The summed E-state index contributed by atoms with van der Waals surface area (Å²) in [6.45, 7) is 2.25. The predicted molar refractivity (Wildman–Crippen MR) is 35.6 cm³/mol. The molecule has 0 bridgehead atoms. The van der Waals surface area contributed by atoms with Crippen molar-refractivity contribution < 1.29 is 9.53 Å². The Hall–Kier alpha value is -0.570. The molecule has 0 aromatic rings. The second kappa shape index (κ2) is 1.95. The summed E-state index contributed by atoms with van der Waals surface area (Å²) in [7, 11) is 0. The average molecular weight is 141 g/mol. The van der Waals surface area contributed by atoms with E-state index < -0.39 is 0 Å². The van der Waals surface area contributed by atoms with Crippen LogP contribution in [0, 0.1) is 0 Å². The Balaban J connectivity index is 2.07. The van der Waals surface area contributed by atoms with E-state index in [-0.39, 0.29) is 5.54 Å². The van der Waals surface area contributed by atoms with Gasteiger partial charge in [0.05, 0.1) is 18.8 Å². The van der Waals surface area contributed by atoms with E-state index in [1.165, 1.54) is 0 Å². The monoisotopic (exact) mass is 141 g/mol. The molecule has 3 heteroatoms. The van der Waals surface area contributed by atoms with Gasteiger partial charge in [-0.3, -0.25) is 4.79 Å². The van der Waals surface area contributed by atoms with Crippen molar-refractivity contribution in [2.75, 3.05) is 19.8 Å². The SMILES string of the molecule is O=CN1CCOCC12CC2. The van der Waals surface area contributed by atoms with Gasteiger partial charge in [-0.15, -0.1) is 0 Å². The van der Waals surface area contributed by atoms with Gasteiger partial charge in [0, 0.05) is 6.54 Å². The molecule has 1 heterocycles. The quantitative estimate of drug-likeness (QED) is 0.481. The van der Waals surface area contributed by atoms with Crippen molar-refractivity contribution in [2.24, 2.45) is 0 Å². The number of ether oxygens (including phenoxy) is 1. The van der Waals surface area contributed by atoms with Gasteiger partial charge in [0.25, 0.3) is 0 Å². The Morgan fingerprint density at radius 3 is 2.80 bits per heavy atom. The molecule has 0 N–H and O–H groups in total. The lowest BCUT2D eigenvalue weighted by Crippen LogP contribution is -2.46. The van der Waals surface area contributed by atoms with Crippen LogP contribution in [0.15, 0.2) is 0 Å². The molecule has 0 aromatic carbocycles. The molecule has 2 aliphatic rings. The summed E-state index contributed by atoms with van der Waals surface area (Å²) < 4.78 is 5.28. The normalized spacial score (nSPS) is 28.6. The maximum atomic E-state index is 10.5. The van der Waals surface area contributed by atoms with E-state index in [0.29, 0.717) is 6.61 Å². The molecule has 1 aliphatic heterocycles. The van der Waals surface area contributed by atoms with Gasteiger partial charge in [-0.2, -0.15) is 0 Å². The standard InChI is InChI=1S/C7H11NO2/c9-6-8-3-4-10-5-7(8)1-2-7/h6H,1-5H2. The Morgan fingerprint density at radius 2 is 2.30 bits per heavy atom. The first-order valence-electron chi connectivity index (χ1n) is 3.67. The van der Waals surface area contributed by atoms with Crippen LogP contribution < -0.4 is 0 Å². The molecule has 56 valence electrons. The summed E-state index contributed by atoms with van der Waals surface area (Å²) in [5.74, 6) is 0. The van der Waals surface area contributed by atoms with Gasteiger partial charge in [0.15, 0.2) is 0 Å². The van der Waals surface area contributed by atoms with E-state index in [1.807, 2.05) is 4.90 Å². The highest BCUT2D eigenvalue weighted by molar-refractivity contribution is 5.50. The van der Waals surface area contributed by atoms with Crippen LogP contribution in [0.5, 0.6) is 0 Å². The van der Waals surface area contributed by atoms with E-state index in [0.717, 1.165) is 32.4 Å². The minimum absolute atomic E-state index is 0.139. The Labute approximate surface area is 60.0 Å². The van der Waals surface area contributed by atoms with Crippen LogP contribution in [0.25, 0.3) is 0 Å². The largest absolute Gasteiger partial charge is 0.377 e. The van der Waals surface area contributed by atoms with Gasteiger partial charge < -0.3 is 9.64 Å². The summed E-state index contributed by atoms with van der Waals surface area (Å²) in [4.78, 5) is 12.4. The molecule has 1 saturated carbocycles. The van der Waals surface area contributed by atoms with E-state index in [4.69, 9.17) is 4.74 Å². The van der Waals surface area contributed by atoms with Crippen LogP contribution >= 0.6 is 0 Å². The second-order valence-corrected chi connectivity index (χ2v) is 3.08. The summed E-state index contributed by atoms with van der Waals surface area (Å²) in [6.07, 6.45) is 3.22. The molecule has 2 fully saturated rings.